The molecule has 1 N–H and O–H groups in total. The minimum atomic E-state index is -0.805. The third kappa shape index (κ3) is 3.90. The van der Waals surface area contributed by atoms with Crippen LogP contribution in [0.1, 0.15) is 44.4 Å². The number of esters is 1. The van der Waals surface area contributed by atoms with Crippen molar-refractivity contribution in [2.75, 3.05) is 23.9 Å². The largest absolute Gasteiger partial charge is 0.497 e. The summed E-state index contributed by atoms with van der Waals surface area (Å²) in [6.45, 7) is -0.541. The van der Waals surface area contributed by atoms with Crippen LogP contribution in [0.2, 0.25) is 0 Å². The molecule has 2 atom stereocenters. The predicted molar refractivity (Wildman–Crippen MR) is 154 cm³/mol. The van der Waals surface area contributed by atoms with E-state index in [4.69, 9.17) is 9.47 Å². The van der Waals surface area contributed by atoms with Crippen molar-refractivity contribution in [3.8, 4) is 5.75 Å². The van der Waals surface area contributed by atoms with Crippen LogP contribution in [0, 0.1) is 11.8 Å². The molecule has 0 unspecified atom stereocenters. The van der Waals surface area contributed by atoms with Crippen molar-refractivity contribution in [1.82, 2.24) is 0 Å². The Kier molecular flexibility index (Phi) is 6.12. The summed E-state index contributed by atoms with van der Waals surface area (Å²) in [5.74, 6) is -3.02. The van der Waals surface area contributed by atoms with Crippen LogP contribution < -0.4 is 15.0 Å². The van der Waals surface area contributed by atoms with Gasteiger partial charge < -0.3 is 14.8 Å². The number of amides is 3. The monoisotopic (exact) mass is 558 g/mol. The number of hydrogen-bond acceptors (Lipinski definition) is 6. The maximum Gasteiger partial charge on any atom is 0.340 e. The molecular weight excluding hydrogens is 532 g/mol. The number of para-hydroxylation sites is 1. The molecule has 3 aliphatic carbocycles. The van der Waals surface area contributed by atoms with E-state index in [1.807, 2.05) is 48.5 Å². The van der Waals surface area contributed by atoms with Crippen LogP contribution in [-0.4, -0.2) is 37.4 Å². The van der Waals surface area contributed by atoms with Crippen LogP contribution in [0.4, 0.5) is 11.4 Å². The van der Waals surface area contributed by atoms with Gasteiger partial charge in [0.15, 0.2) is 6.61 Å². The molecule has 1 heterocycles. The molecule has 4 aromatic carbocycles. The summed E-state index contributed by atoms with van der Waals surface area (Å²) < 4.78 is 10.4. The van der Waals surface area contributed by atoms with Crippen LogP contribution in [0.3, 0.4) is 0 Å². The number of nitrogens with zero attached hydrogens (tertiary/aromatic N) is 1. The van der Waals surface area contributed by atoms with Crippen LogP contribution in [0.25, 0.3) is 0 Å². The number of methoxy groups -OCH3 is 1. The highest BCUT2D eigenvalue weighted by Crippen LogP contribution is 2.61. The van der Waals surface area contributed by atoms with E-state index in [9.17, 15) is 19.2 Å². The molecule has 1 saturated heterocycles. The zero-order chi connectivity index (χ0) is 29.0. The predicted octanol–water partition coefficient (Wildman–Crippen LogP) is 4.89. The molecule has 1 fully saturated rings. The molecular formula is C34H26N2O6. The highest BCUT2D eigenvalue weighted by Gasteiger charge is 2.62. The number of hydrogen-bond donors (Lipinski definition) is 1. The number of imide groups is 1. The second-order valence-electron chi connectivity index (χ2n) is 10.6. The zero-order valence-electron chi connectivity index (χ0n) is 22.7. The van der Waals surface area contributed by atoms with Crippen molar-refractivity contribution in [1.29, 1.82) is 0 Å². The molecule has 208 valence electrons. The molecule has 8 nitrogen and oxygen atoms in total. The fraction of sp³-hybridized carbons (Fsp3) is 0.176. The lowest BCUT2D eigenvalue weighted by Crippen LogP contribution is -2.41. The second kappa shape index (κ2) is 9.99. The molecule has 3 amide bonds. The van der Waals surface area contributed by atoms with Crippen molar-refractivity contribution in [2.24, 2.45) is 11.8 Å². The number of rotatable bonds is 6. The quantitative estimate of drug-likeness (QED) is 0.267. The van der Waals surface area contributed by atoms with Crippen molar-refractivity contribution < 1.29 is 28.7 Å². The summed E-state index contributed by atoms with van der Waals surface area (Å²) in [5.41, 5.74) is 5.00. The Hall–Kier alpha value is -5.24. The van der Waals surface area contributed by atoms with E-state index < -0.39 is 30.3 Å². The van der Waals surface area contributed by atoms with E-state index in [0.29, 0.717) is 11.4 Å². The Labute approximate surface area is 241 Å². The minimum Gasteiger partial charge on any atom is -0.497 e. The summed E-state index contributed by atoms with van der Waals surface area (Å²) in [4.78, 5) is 55.1. The third-order valence-electron chi connectivity index (χ3n) is 8.52. The molecule has 0 aromatic heterocycles. The first-order chi connectivity index (χ1) is 20.5. The Balaban J connectivity index is 1.16. The van der Waals surface area contributed by atoms with Crippen LogP contribution in [-0.2, 0) is 19.1 Å². The summed E-state index contributed by atoms with van der Waals surface area (Å²) in [6, 6.07) is 29.1. The molecule has 4 aromatic rings. The second-order valence-corrected chi connectivity index (χ2v) is 10.6. The average molecular weight is 559 g/mol. The normalized spacial score (nSPS) is 21.3. The Morgan fingerprint density at radius 2 is 1.21 bits per heavy atom. The number of anilines is 2. The van der Waals surface area contributed by atoms with E-state index in [1.54, 1.807) is 49.6 Å². The number of carbonyl (C=O) groups excluding carboxylic acids is 4. The summed E-state index contributed by atoms with van der Waals surface area (Å²) in [7, 11) is 1.55. The lowest BCUT2D eigenvalue weighted by molar-refractivity contribution is -0.122. The number of carbonyl (C=O) groups is 4. The topological polar surface area (TPSA) is 102 Å². The molecule has 42 heavy (non-hydrogen) atoms. The molecule has 1 aliphatic heterocycles. The van der Waals surface area contributed by atoms with Gasteiger partial charge in [-0.2, -0.15) is 0 Å². The van der Waals surface area contributed by atoms with Gasteiger partial charge in [0, 0.05) is 17.5 Å². The van der Waals surface area contributed by atoms with Gasteiger partial charge in [0.1, 0.15) is 5.75 Å². The fourth-order valence-electron chi connectivity index (χ4n) is 6.84. The van der Waals surface area contributed by atoms with E-state index >= 15 is 0 Å². The van der Waals surface area contributed by atoms with E-state index in [1.165, 1.54) is 6.07 Å². The molecule has 0 saturated carbocycles. The number of nitrogens with one attached hydrogen (secondary N) is 1. The van der Waals surface area contributed by atoms with E-state index in [-0.39, 0.29) is 34.9 Å². The van der Waals surface area contributed by atoms with Gasteiger partial charge in [0.25, 0.3) is 5.91 Å². The van der Waals surface area contributed by atoms with Gasteiger partial charge in [-0.05, 0) is 58.7 Å². The van der Waals surface area contributed by atoms with Crippen molar-refractivity contribution in [3.63, 3.8) is 0 Å². The molecule has 0 spiro atoms. The summed E-state index contributed by atoms with van der Waals surface area (Å²) in [5, 5.41) is 2.66. The van der Waals surface area contributed by atoms with Gasteiger partial charge in [-0.1, -0.05) is 60.7 Å². The van der Waals surface area contributed by atoms with Gasteiger partial charge in [-0.25, -0.2) is 9.69 Å². The maximum absolute atomic E-state index is 14.1. The van der Waals surface area contributed by atoms with E-state index in [0.717, 1.165) is 27.2 Å². The average Bonchev–Trinajstić information content (AvgIpc) is 3.30. The van der Waals surface area contributed by atoms with Crippen LogP contribution in [0.5, 0.6) is 5.75 Å². The van der Waals surface area contributed by atoms with Crippen LogP contribution in [0.15, 0.2) is 97.1 Å². The molecule has 4 aliphatic rings. The van der Waals surface area contributed by atoms with Gasteiger partial charge in [-0.3, -0.25) is 14.4 Å². The zero-order valence-corrected chi connectivity index (χ0v) is 22.7. The Morgan fingerprint density at radius 3 is 1.74 bits per heavy atom. The highest BCUT2D eigenvalue weighted by molar-refractivity contribution is 6.25. The maximum atomic E-state index is 14.1. The SMILES string of the molecule is COc1ccc(NC(=O)COC(=O)c2ccccc2N2C(=O)[C@@H]3C4c5ccccc5C(c5ccccc54)[C@H]3C2=O)cc1. The smallest absolute Gasteiger partial charge is 0.340 e. The van der Waals surface area contributed by atoms with E-state index in [2.05, 4.69) is 5.32 Å². The van der Waals surface area contributed by atoms with Crippen LogP contribution >= 0.6 is 0 Å². The third-order valence-corrected chi connectivity index (χ3v) is 8.52. The first-order valence-corrected chi connectivity index (χ1v) is 13.7. The fourth-order valence-corrected chi connectivity index (χ4v) is 6.84. The lowest BCUT2D eigenvalue weighted by atomic mass is 9.55. The molecule has 2 bridgehead atoms. The van der Waals surface area contributed by atoms with Crippen molar-refractivity contribution in [3.05, 3.63) is 125 Å². The van der Waals surface area contributed by atoms with Gasteiger partial charge >= 0.3 is 5.97 Å². The lowest BCUT2D eigenvalue weighted by Gasteiger charge is -2.45. The van der Waals surface area contributed by atoms with Crippen molar-refractivity contribution in [2.45, 2.75) is 11.8 Å². The first kappa shape index (κ1) is 25.7. The van der Waals surface area contributed by atoms with Gasteiger partial charge in [0.2, 0.25) is 11.8 Å². The molecule has 0 radical (unpaired) electrons. The highest BCUT2D eigenvalue weighted by atomic mass is 16.5. The summed E-state index contributed by atoms with van der Waals surface area (Å²) >= 11 is 0. The first-order valence-electron chi connectivity index (χ1n) is 13.7. The van der Waals surface area contributed by atoms with Crippen molar-refractivity contribution >= 4 is 35.1 Å². The van der Waals surface area contributed by atoms with Gasteiger partial charge in [0.05, 0.1) is 30.2 Å². The molecule has 8 rings (SSSR count). The van der Waals surface area contributed by atoms with Gasteiger partial charge in [-0.15, -0.1) is 0 Å². The Bertz CT molecular complexity index is 1650. The standard InChI is InChI=1S/C34H26N2O6/c1-41-20-16-14-19(15-17-20)35-27(37)18-42-34(40)25-12-6-7-13-26(25)36-32(38)30-28-21-8-2-3-9-22(21)29(31(30)33(36)39)24-11-5-4-10-23(24)28/h2-17,28-31H,18H2,1H3,(H,35,37)/t28?,29?,30-,31-/m1/s1. The number of benzene rings is 4. The Morgan fingerprint density at radius 1 is 0.714 bits per heavy atom. The minimum absolute atomic E-state index is 0.0393. The summed E-state index contributed by atoms with van der Waals surface area (Å²) in [6.07, 6.45) is 0. The number of ether oxygens (including phenoxy) is 2. The molecule has 8 heteroatoms.